The summed E-state index contributed by atoms with van der Waals surface area (Å²) in [6.45, 7) is 1.59. The highest BCUT2D eigenvalue weighted by atomic mass is 16.1. The van der Waals surface area contributed by atoms with Gasteiger partial charge in [0.15, 0.2) is 11.6 Å². The zero-order chi connectivity index (χ0) is 36.8. The number of Topliss-reactive ketones (excluding diaryl/α,β-unsaturated/α-hetero) is 1. The fraction of sp³-hybridized carbons (Fsp3) is 0.0200. The molecular weight excluding hydrogens is 661 g/mol. The van der Waals surface area contributed by atoms with Crippen molar-refractivity contribution in [2.45, 2.75) is 6.92 Å². The van der Waals surface area contributed by atoms with Crippen LogP contribution in [0.4, 0.5) is 5.69 Å². The Kier molecular flexibility index (Phi) is 8.13. The van der Waals surface area contributed by atoms with Gasteiger partial charge in [-0.3, -0.25) is 9.59 Å². The lowest BCUT2D eigenvalue weighted by Gasteiger charge is -2.08. The van der Waals surface area contributed by atoms with Gasteiger partial charge in [-0.15, -0.1) is 0 Å². The van der Waals surface area contributed by atoms with E-state index in [2.05, 4.69) is 91.0 Å². The number of nitrogens with two attached hydrogens (primary N) is 1. The minimum Gasteiger partial charge on any atom is -0.398 e. The van der Waals surface area contributed by atoms with E-state index in [1.54, 1.807) is 13.0 Å². The molecule has 0 unspecified atom stereocenters. The molecule has 4 heteroatoms. The van der Waals surface area contributed by atoms with Crippen LogP contribution in [0.3, 0.4) is 0 Å². The number of aromatic nitrogens is 1. The van der Waals surface area contributed by atoms with E-state index in [4.69, 9.17) is 10.7 Å². The molecule has 0 spiro atoms. The predicted octanol–water partition coefficient (Wildman–Crippen LogP) is 12.2. The number of hydrogen-bond acceptors (Lipinski definition) is 4. The van der Waals surface area contributed by atoms with E-state index < -0.39 is 0 Å². The topological polar surface area (TPSA) is 73.1 Å². The normalized spacial score (nSPS) is 11.6. The van der Waals surface area contributed by atoms with Gasteiger partial charge in [0, 0.05) is 27.8 Å². The smallest absolute Gasteiger partial charge is 0.196 e. The second-order valence-corrected chi connectivity index (χ2v) is 13.6. The number of rotatable bonds is 2. The summed E-state index contributed by atoms with van der Waals surface area (Å²) in [6.07, 6.45) is 0. The summed E-state index contributed by atoms with van der Waals surface area (Å²) in [5.74, 6) is 0.157. The largest absolute Gasteiger partial charge is 0.398 e. The Morgan fingerprint density at radius 1 is 0.481 bits per heavy atom. The Morgan fingerprint density at radius 2 is 1.02 bits per heavy atom. The molecule has 0 bridgehead atoms. The van der Waals surface area contributed by atoms with Crippen molar-refractivity contribution in [2.75, 3.05) is 5.73 Å². The Morgan fingerprint density at radius 3 is 1.72 bits per heavy atom. The van der Waals surface area contributed by atoms with Gasteiger partial charge in [-0.1, -0.05) is 146 Å². The van der Waals surface area contributed by atoms with Crippen LogP contribution in [0.2, 0.25) is 0 Å². The lowest BCUT2D eigenvalue weighted by Crippen LogP contribution is -1.99. The van der Waals surface area contributed by atoms with Crippen LogP contribution in [0.15, 0.2) is 176 Å². The predicted molar refractivity (Wildman–Crippen MR) is 223 cm³/mol. The Bertz CT molecular complexity index is 2960. The number of ketones is 2. The third kappa shape index (κ3) is 5.71. The zero-order valence-corrected chi connectivity index (χ0v) is 29.6. The third-order valence-electron chi connectivity index (χ3n) is 10.3. The van der Waals surface area contributed by atoms with Crippen LogP contribution in [0.25, 0.3) is 77.1 Å². The third-order valence-corrected chi connectivity index (χ3v) is 10.3. The summed E-state index contributed by atoms with van der Waals surface area (Å²) in [7, 11) is 0. The molecule has 0 radical (unpaired) electrons. The minimum atomic E-state index is 0.0405. The van der Waals surface area contributed by atoms with Crippen molar-refractivity contribution in [3.8, 4) is 44.6 Å². The summed E-state index contributed by atoms with van der Waals surface area (Å²) < 4.78 is 0. The first-order valence-electron chi connectivity index (χ1n) is 18.0. The molecule has 0 saturated heterocycles. The van der Waals surface area contributed by atoms with E-state index >= 15 is 0 Å². The molecule has 0 atom stereocenters. The number of hydrogen-bond donors (Lipinski definition) is 1. The van der Waals surface area contributed by atoms with E-state index in [0.717, 1.165) is 44.4 Å². The van der Waals surface area contributed by atoms with Crippen LogP contribution in [0.5, 0.6) is 0 Å². The lowest BCUT2D eigenvalue weighted by atomic mass is 10.0. The molecule has 54 heavy (non-hydrogen) atoms. The van der Waals surface area contributed by atoms with Crippen LogP contribution >= 0.6 is 0 Å². The van der Waals surface area contributed by atoms with Crippen molar-refractivity contribution < 1.29 is 9.59 Å². The van der Waals surface area contributed by atoms with E-state index in [-0.39, 0.29) is 11.6 Å². The van der Waals surface area contributed by atoms with Gasteiger partial charge in [0.05, 0.1) is 16.8 Å². The number of pyridine rings is 1. The standard InChI is InChI=1S/C25H15N.C13H9NO.C12H10O/c1-2-7-17-14-18(13-12-16(17)6-1)24-15-22-20-9-4-3-8-19(20)21-10-5-11-23(26-24)25(21)22;14-11-7-3-6-9-8-4-1-2-5-10(8)13(15)12(9)11;1-9(13)11-7-6-10-4-2-3-5-12(10)8-11/h1-15H;1-7H,14H2;2-8H,1H3. The van der Waals surface area contributed by atoms with Gasteiger partial charge in [0.2, 0.25) is 0 Å². The number of fused-ring (bicyclic) bond motifs is 8. The molecule has 256 valence electrons. The van der Waals surface area contributed by atoms with E-state index in [0.29, 0.717) is 11.3 Å². The Labute approximate surface area is 313 Å². The van der Waals surface area contributed by atoms with Crippen LogP contribution in [0, 0.1) is 0 Å². The van der Waals surface area contributed by atoms with Crippen molar-refractivity contribution in [3.63, 3.8) is 0 Å². The van der Waals surface area contributed by atoms with Gasteiger partial charge in [-0.25, -0.2) is 4.98 Å². The molecule has 1 heterocycles. The van der Waals surface area contributed by atoms with Crippen molar-refractivity contribution in [1.29, 1.82) is 0 Å². The molecule has 0 aliphatic heterocycles. The van der Waals surface area contributed by atoms with Gasteiger partial charge in [-0.2, -0.15) is 0 Å². The number of nitrogens with zero attached hydrogens (tertiary/aromatic N) is 1. The molecule has 0 saturated carbocycles. The molecule has 0 fully saturated rings. The second kappa shape index (κ2) is 13.4. The number of carbonyl (C=O) groups excluding carboxylic acids is 2. The molecule has 8 aromatic carbocycles. The molecule has 0 amide bonds. The fourth-order valence-corrected chi connectivity index (χ4v) is 7.68. The van der Waals surface area contributed by atoms with Crippen molar-refractivity contribution in [1.82, 2.24) is 4.98 Å². The first kappa shape index (κ1) is 32.7. The maximum Gasteiger partial charge on any atom is 0.196 e. The molecule has 1 aromatic heterocycles. The number of benzene rings is 8. The first-order valence-corrected chi connectivity index (χ1v) is 18.0. The quantitative estimate of drug-likeness (QED) is 0.144. The molecule has 2 N–H and O–H groups in total. The maximum atomic E-state index is 12.0. The molecule has 4 nitrogen and oxygen atoms in total. The molecule has 11 rings (SSSR count). The fourth-order valence-electron chi connectivity index (χ4n) is 7.68. The lowest BCUT2D eigenvalue weighted by molar-refractivity contribution is 0.101. The van der Waals surface area contributed by atoms with Gasteiger partial charge in [0.25, 0.3) is 0 Å². The minimum absolute atomic E-state index is 0.0405. The molecule has 2 aliphatic carbocycles. The highest BCUT2D eigenvalue weighted by Gasteiger charge is 2.27. The number of anilines is 1. The van der Waals surface area contributed by atoms with E-state index in [1.807, 2.05) is 78.9 Å². The van der Waals surface area contributed by atoms with Crippen LogP contribution < -0.4 is 5.73 Å². The van der Waals surface area contributed by atoms with Crippen LogP contribution in [-0.2, 0) is 0 Å². The van der Waals surface area contributed by atoms with Crippen molar-refractivity contribution >= 4 is 49.7 Å². The Balaban J connectivity index is 0.000000117. The summed E-state index contributed by atoms with van der Waals surface area (Å²) in [5, 5.41) is 6.08. The van der Waals surface area contributed by atoms with Gasteiger partial charge < -0.3 is 5.73 Å². The monoisotopic (exact) mass is 694 g/mol. The summed E-state index contributed by atoms with van der Waals surface area (Å²) in [6, 6.07) is 59.4. The molecule has 9 aromatic rings. The SMILES string of the molecule is CC(=O)c1ccc2ccccc2c1.Nc1cccc2c1C(=O)c1ccccc1-2.c1ccc2c(c1)-c1cccc3nc(-c4ccc5ccccc5c4)cc-2c13. The summed E-state index contributed by atoms with van der Waals surface area (Å²) in [4.78, 5) is 28.1. The maximum absolute atomic E-state index is 12.0. The summed E-state index contributed by atoms with van der Waals surface area (Å²) in [5.41, 5.74) is 19.0. The van der Waals surface area contributed by atoms with E-state index in [1.165, 1.54) is 43.8 Å². The average Bonchev–Trinajstić information content (AvgIpc) is 3.71. The van der Waals surface area contributed by atoms with Crippen LogP contribution in [-0.4, -0.2) is 16.6 Å². The first-order chi connectivity index (χ1) is 26.4. The van der Waals surface area contributed by atoms with E-state index in [9.17, 15) is 9.59 Å². The highest BCUT2D eigenvalue weighted by Crippen LogP contribution is 2.47. The number of nitrogen functional groups attached to an aromatic ring is 1. The average molecular weight is 695 g/mol. The summed E-state index contributed by atoms with van der Waals surface area (Å²) >= 11 is 0. The second-order valence-electron chi connectivity index (χ2n) is 13.6. The molecular formula is C50H34N2O2. The highest BCUT2D eigenvalue weighted by molar-refractivity contribution is 6.24. The molecule has 2 aliphatic rings. The van der Waals surface area contributed by atoms with Crippen LogP contribution in [0.1, 0.15) is 33.2 Å². The Hall–Kier alpha value is -7.17. The van der Waals surface area contributed by atoms with Gasteiger partial charge >= 0.3 is 0 Å². The van der Waals surface area contributed by atoms with Gasteiger partial charge in [0.1, 0.15) is 0 Å². The zero-order valence-electron chi connectivity index (χ0n) is 29.6. The van der Waals surface area contributed by atoms with Crippen molar-refractivity contribution in [3.05, 3.63) is 193 Å². The number of carbonyl (C=O) groups is 2. The van der Waals surface area contributed by atoms with Crippen molar-refractivity contribution in [2.24, 2.45) is 0 Å². The van der Waals surface area contributed by atoms with Gasteiger partial charge in [-0.05, 0) is 92.2 Å².